The Bertz CT molecular complexity index is 670. The summed E-state index contributed by atoms with van der Waals surface area (Å²) in [5.41, 5.74) is -5.48. The monoisotopic (exact) mass is 578 g/mol. The van der Waals surface area contributed by atoms with Crippen LogP contribution in [-0.2, 0) is 43.0 Å². The Morgan fingerprint density at radius 3 is 0.795 bits per heavy atom. The first-order valence-electron chi connectivity index (χ1n) is 10.7. The van der Waals surface area contributed by atoms with Crippen LogP contribution in [-0.4, -0.2) is 151 Å². The van der Waals surface area contributed by atoms with Crippen molar-refractivity contribution in [2.75, 3.05) is 52.9 Å². The second kappa shape index (κ2) is 22.5. The first-order chi connectivity index (χ1) is 18.0. The minimum Gasteiger partial charge on any atom is -0.481 e. The van der Waals surface area contributed by atoms with Gasteiger partial charge in [0.25, 0.3) is 0 Å². The van der Waals surface area contributed by atoms with Crippen LogP contribution in [0.1, 0.15) is 25.7 Å². The smallest absolute Gasteiger partial charge is 0.336 e. The molecule has 10 N–H and O–H groups in total. The van der Waals surface area contributed by atoms with Gasteiger partial charge in [-0.3, -0.25) is 19.2 Å². The highest BCUT2D eigenvalue weighted by Crippen LogP contribution is 2.16. The molecule has 0 amide bonds. The number of carbonyl (C=O) groups is 6. The van der Waals surface area contributed by atoms with Crippen molar-refractivity contribution in [2.24, 2.45) is 0 Å². The number of aliphatic hydroxyl groups is 4. The van der Waals surface area contributed by atoms with Crippen LogP contribution in [0.4, 0.5) is 0 Å². The highest BCUT2D eigenvalue weighted by Gasteiger charge is 2.41. The highest BCUT2D eigenvalue weighted by atomic mass is 16.5. The van der Waals surface area contributed by atoms with Crippen molar-refractivity contribution in [1.29, 1.82) is 0 Å². The van der Waals surface area contributed by atoms with Crippen LogP contribution < -0.4 is 0 Å². The van der Waals surface area contributed by atoms with Crippen molar-refractivity contribution < 1.29 is 94.0 Å². The fourth-order valence-corrected chi connectivity index (χ4v) is 2.10. The lowest BCUT2D eigenvalue weighted by Gasteiger charge is -2.18. The van der Waals surface area contributed by atoms with Gasteiger partial charge in [-0.2, -0.15) is 0 Å². The van der Waals surface area contributed by atoms with E-state index in [-0.39, 0.29) is 13.2 Å². The molecular formula is C20H34O19. The predicted molar refractivity (Wildman–Crippen MR) is 121 cm³/mol. The van der Waals surface area contributed by atoms with Crippen molar-refractivity contribution in [1.82, 2.24) is 0 Å². The second-order valence-corrected chi connectivity index (χ2v) is 7.24. The Hall–Kier alpha value is -3.46. The summed E-state index contributed by atoms with van der Waals surface area (Å²) in [5.74, 6) is -10.0. The number of hydrogen-bond donors (Lipinski definition) is 10. The molecule has 0 spiro atoms. The number of aliphatic hydroxyl groups excluding tert-OH is 2. The molecule has 0 aromatic rings. The highest BCUT2D eigenvalue weighted by molar-refractivity contribution is 5.88. The van der Waals surface area contributed by atoms with E-state index in [2.05, 4.69) is 0 Å². The average molecular weight is 578 g/mol. The van der Waals surface area contributed by atoms with Crippen molar-refractivity contribution in [3.63, 3.8) is 0 Å². The first kappa shape index (κ1) is 40.0. The molecule has 0 aliphatic heterocycles. The largest absolute Gasteiger partial charge is 0.481 e. The molecule has 0 atom stereocenters. The minimum atomic E-state index is -2.74. The summed E-state index contributed by atoms with van der Waals surface area (Å²) >= 11 is 0. The lowest BCUT2D eigenvalue weighted by Crippen LogP contribution is -2.42. The summed E-state index contributed by atoms with van der Waals surface area (Å²) in [7, 11) is 0. The zero-order chi connectivity index (χ0) is 31.1. The van der Waals surface area contributed by atoms with Gasteiger partial charge in [0.05, 0.1) is 78.5 Å². The van der Waals surface area contributed by atoms with Crippen molar-refractivity contribution in [2.45, 2.75) is 36.9 Å². The molecule has 0 aliphatic carbocycles. The maximum absolute atomic E-state index is 10.3. The van der Waals surface area contributed by atoms with Gasteiger partial charge in [-0.15, -0.1) is 0 Å². The standard InChI is InChI=1S/C8H18O5.2C6H8O7/c9-1-3-11-5-7-13-8-6-12-4-2-10;2*7-3(8)1-6(13,5(11)12)2-4(9)10/h9-10H,1-8H2;2*13H,1-2H2,(H,7,8)(H,9,10)(H,11,12). The topological polar surface area (TPSA) is 332 Å². The molecule has 0 bridgehead atoms. The predicted octanol–water partition coefficient (Wildman–Crippen LogP) is -3.48. The van der Waals surface area contributed by atoms with Gasteiger partial charge < -0.3 is 65.3 Å². The van der Waals surface area contributed by atoms with Crippen LogP contribution in [0, 0.1) is 0 Å². The molecule has 0 saturated heterocycles. The molecule has 0 aromatic carbocycles. The van der Waals surface area contributed by atoms with Gasteiger partial charge in [0.2, 0.25) is 0 Å². The number of hydrogen-bond acceptors (Lipinski definition) is 13. The molecule has 228 valence electrons. The fraction of sp³-hybridized carbons (Fsp3) is 0.700. The van der Waals surface area contributed by atoms with E-state index in [1.807, 2.05) is 0 Å². The number of carboxylic acids is 6. The Balaban J connectivity index is -0.000000498. The third-order valence-electron chi connectivity index (χ3n) is 3.79. The lowest BCUT2D eigenvalue weighted by molar-refractivity contribution is -0.170. The summed E-state index contributed by atoms with van der Waals surface area (Å²) < 4.78 is 15.0. The Labute approximate surface area is 220 Å². The van der Waals surface area contributed by atoms with Crippen molar-refractivity contribution >= 4 is 35.8 Å². The molecule has 0 heterocycles. The van der Waals surface area contributed by atoms with Crippen LogP contribution in [0.5, 0.6) is 0 Å². The van der Waals surface area contributed by atoms with Gasteiger partial charge in [-0.1, -0.05) is 0 Å². The minimum absolute atomic E-state index is 0.0413. The molecule has 0 saturated carbocycles. The van der Waals surface area contributed by atoms with Gasteiger partial charge in [-0.25, -0.2) is 9.59 Å². The summed E-state index contributed by atoms with van der Waals surface area (Å²) in [4.78, 5) is 61.0. The summed E-state index contributed by atoms with van der Waals surface area (Å²) in [5, 5.41) is 84.3. The molecule has 0 fully saturated rings. The van der Waals surface area contributed by atoms with Crippen LogP contribution >= 0.6 is 0 Å². The van der Waals surface area contributed by atoms with Crippen LogP contribution in [0.15, 0.2) is 0 Å². The average Bonchev–Trinajstić information content (AvgIpc) is 2.76. The van der Waals surface area contributed by atoms with Gasteiger partial charge in [0, 0.05) is 0 Å². The molecule has 19 nitrogen and oxygen atoms in total. The maximum atomic E-state index is 10.3. The van der Waals surface area contributed by atoms with E-state index in [1.54, 1.807) is 0 Å². The molecular weight excluding hydrogens is 544 g/mol. The van der Waals surface area contributed by atoms with E-state index in [4.69, 9.17) is 65.3 Å². The number of rotatable bonds is 20. The fourth-order valence-electron chi connectivity index (χ4n) is 2.10. The third kappa shape index (κ3) is 24.6. The van der Waals surface area contributed by atoms with Gasteiger partial charge in [0.1, 0.15) is 0 Å². The second-order valence-electron chi connectivity index (χ2n) is 7.24. The van der Waals surface area contributed by atoms with E-state index in [9.17, 15) is 28.8 Å². The Kier molecular flexibility index (Phi) is 23.1. The van der Waals surface area contributed by atoms with Crippen molar-refractivity contribution in [3.05, 3.63) is 0 Å². The SMILES string of the molecule is O=C(O)CC(O)(CC(=O)O)C(=O)O.O=C(O)CC(O)(CC(=O)O)C(=O)O.OCCOCCOCCOCCO. The summed E-state index contributed by atoms with van der Waals surface area (Å²) in [6.07, 6.45) is -4.58. The zero-order valence-electron chi connectivity index (χ0n) is 20.6. The molecule has 0 radical (unpaired) electrons. The number of ether oxygens (including phenoxy) is 3. The van der Waals surface area contributed by atoms with E-state index in [1.165, 1.54) is 0 Å². The summed E-state index contributed by atoms with van der Waals surface area (Å²) in [6.45, 7) is 2.76. The molecule has 0 aliphatic rings. The Morgan fingerprint density at radius 2 is 0.641 bits per heavy atom. The van der Waals surface area contributed by atoms with E-state index < -0.39 is 72.7 Å². The molecule has 0 rings (SSSR count). The van der Waals surface area contributed by atoms with Gasteiger partial charge in [-0.05, 0) is 0 Å². The zero-order valence-corrected chi connectivity index (χ0v) is 20.6. The van der Waals surface area contributed by atoms with Crippen LogP contribution in [0.2, 0.25) is 0 Å². The van der Waals surface area contributed by atoms with Crippen LogP contribution in [0.25, 0.3) is 0 Å². The third-order valence-corrected chi connectivity index (χ3v) is 3.79. The number of aliphatic carboxylic acids is 6. The maximum Gasteiger partial charge on any atom is 0.336 e. The van der Waals surface area contributed by atoms with E-state index in [0.29, 0.717) is 39.6 Å². The molecule has 0 aromatic heterocycles. The molecule has 19 heteroatoms. The van der Waals surface area contributed by atoms with E-state index >= 15 is 0 Å². The number of carboxylic acid groups (broad SMARTS) is 6. The first-order valence-corrected chi connectivity index (χ1v) is 10.7. The van der Waals surface area contributed by atoms with E-state index in [0.717, 1.165) is 0 Å². The normalized spacial score (nSPS) is 10.8. The lowest BCUT2D eigenvalue weighted by atomic mass is 9.96. The summed E-state index contributed by atoms with van der Waals surface area (Å²) in [6, 6.07) is 0. The van der Waals surface area contributed by atoms with Gasteiger partial charge in [0.15, 0.2) is 11.2 Å². The molecule has 39 heavy (non-hydrogen) atoms. The Morgan fingerprint density at radius 1 is 0.436 bits per heavy atom. The van der Waals surface area contributed by atoms with Crippen molar-refractivity contribution in [3.8, 4) is 0 Å². The molecule has 0 unspecified atom stereocenters. The van der Waals surface area contributed by atoms with Gasteiger partial charge >= 0.3 is 35.8 Å². The quantitative estimate of drug-likeness (QED) is 0.0627. The van der Waals surface area contributed by atoms with Crippen LogP contribution in [0.3, 0.4) is 0 Å².